The zero-order valence-corrected chi connectivity index (χ0v) is 9.52. The third kappa shape index (κ3) is 2.83. The molecule has 1 heteroatoms. The average Bonchev–Trinajstić information content (AvgIpc) is 2.11. The molecule has 0 aromatic rings. The van der Waals surface area contributed by atoms with E-state index in [2.05, 4.69) is 33.8 Å². The summed E-state index contributed by atoms with van der Waals surface area (Å²) >= 11 is 0. The molecule has 0 aliphatic heterocycles. The normalized spacial score (nSPS) is 19.0. The summed E-state index contributed by atoms with van der Waals surface area (Å²) in [4.78, 5) is 0. The van der Waals surface area contributed by atoms with Crippen LogP contribution in [0.25, 0.3) is 0 Å². The Hall–Kier alpha value is -0.850. The Morgan fingerprint density at radius 3 is 2.64 bits per heavy atom. The van der Waals surface area contributed by atoms with Gasteiger partial charge in [0.1, 0.15) is 5.83 Å². The quantitative estimate of drug-likeness (QED) is 0.605. The van der Waals surface area contributed by atoms with Crippen molar-refractivity contribution in [3.8, 4) is 0 Å². The molecule has 0 atom stereocenters. The van der Waals surface area contributed by atoms with Crippen molar-refractivity contribution in [3.05, 3.63) is 34.7 Å². The Balaban J connectivity index is 2.92. The zero-order chi connectivity index (χ0) is 10.7. The van der Waals surface area contributed by atoms with Gasteiger partial charge in [0.15, 0.2) is 0 Å². The first-order valence-corrected chi connectivity index (χ1v) is 5.24. The summed E-state index contributed by atoms with van der Waals surface area (Å²) in [5.41, 5.74) is 3.68. The van der Waals surface area contributed by atoms with Crippen LogP contribution < -0.4 is 0 Å². The molecule has 0 saturated heterocycles. The van der Waals surface area contributed by atoms with E-state index in [0.717, 1.165) is 12.0 Å². The lowest BCUT2D eigenvalue weighted by Crippen LogP contribution is -1.95. The molecule has 0 unspecified atom stereocenters. The van der Waals surface area contributed by atoms with Gasteiger partial charge in [-0.05, 0) is 37.8 Å². The highest BCUT2D eigenvalue weighted by Gasteiger charge is 2.08. The van der Waals surface area contributed by atoms with E-state index in [9.17, 15) is 4.39 Å². The van der Waals surface area contributed by atoms with Crippen LogP contribution in [-0.2, 0) is 0 Å². The molecule has 0 aromatic heterocycles. The summed E-state index contributed by atoms with van der Waals surface area (Å²) in [6, 6.07) is 0. The maximum atomic E-state index is 13.1. The fourth-order valence-electron chi connectivity index (χ4n) is 1.39. The van der Waals surface area contributed by atoms with E-state index in [1.165, 1.54) is 11.1 Å². The summed E-state index contributed by atoms with van der Waals surface area (Å²) in [6.45, 7) is 8.50. The number of halogens is 1. The minimum absolute atomic E-state index is 0.0124. The van der Waals surface area contributed by atoms with Gasteiger partial charge in [-0.15, -0.1) is 0 Å². The number of rotatable bonds is 2. The van der Waals surface area contributed by atoms with Gasteiger partial charge in [-0.25, -0.2) is 4.39 Å². The van der Waals surface area contributed by atoms with Crippen LogP contribution in [0.2, 0.25) is 0 Å². The average molecular weight is 194 g/mol. The van der Waals surface area contributed by atoms with Gasteiger partial charge in [-0.2, -0.15) is 0 Å². The van der Waals surface area contributed by atoms with Crippen molar-refractivity contribution < 1.29 is 4.39 Å². The van der Waals surface area contributed by atoms with Crippen molar-refractivity contribution in [1.29, 1.82) is 0 Å². The Morgan fingerprint density at radius 1 is 1.43 bits per heavy atom. The molecule has 0 fully saturated rings. The van der Waals surface area contributed by atoms with Crippen LogP contribution >= 0.6 is 0 Å². The van der Waals surface area contributed by atoms with Crippen LogP contribution in [0.15, 0.2) is 34.7 Å². The van der Waals surface area contributed by atoms with Crippen LogP contribution in [-0.4, -0.2) is 0 Å². The standard InChI is InChI=1S/C13H19F/c1-9(2)11(4)7-12-8-13(14)6-5-10(12)3/h7-9H,5-6H2,1-4H3/b11-7+. The number of allylic oxidation sites excluding steroid dienone is 6. The van der Waals surface area contributed by atoms with Gasteiger partial charge in [0.05, 0.1) is 0 Å². The van der Waals surface area contributed by atoms with E-state index >= 15 is 0 Å². The van der Waals surface area contributed by atoms with Crippen molar-refractivity contribution in [3.63, 3.8) is 0 Å². The molecule has 1 aliphatic carbocycles. The first-order chi connectivity index (χ1) is 6.50. The fourth-order valence-corrected chi connectivity index (χ4v) is 1.39. The van der Waals surface area contributed by atoms with Gasteiger partial charge in [0, 0.05) is 6.42 Å². The summed E-state index contributed by atoms with van der Waals surface area (Å²) in [5, 5.41) is 0. The highest BCUT2D eigenvalue weighted by Crippen LogP contribution is 2.26. The van der Waals surface area contributed by atoms with Gasteiger partial charge in [-0.3, -0.25) is 0 Å². The van der Waals surface area contributed by atoms with E-state index < -0.39 is 0 Å². The number of hydrogen-bond acceptors (Lipinski definition) is 0. The van der Waals surface area contributed by atoms with Gasteiger partial charge in [0.25, 0.3) is 0 Å². The molecule has 0 nitrogen and oxygen atoms in total. The minimum atomic E-state index is 0.0124. The molecule has 0 saturated carbocycles. The van der Waals surface area contributed by atoms with Gasteiger partial charge in [-0.1, -0.05) is 31.1 Å². The molecule has 14 heavy (non-hydrogen) atoms. The second-order valence-electron chi connectivity index (χ2n) is 4.37. The largest absolute Gasteiger partial charge is 0.212 e. The fraction of sp³-hybridized carbons (Fsp3) is 0.538. The van der Waals surface area contributed by atoms with Crippen molar-refractivity contribution >= 4 is 0 Å². The van der Waals surface area contributed by atoms with Gasteiger partial charge >= 0.3 is 0 Å². The molecule has 0 bridgehead atoms. The molecule has 0 aromatic carbocycles. The predicted molar refractivity (Wildman–Crippen MR) is 59.7 cm³/mol. The van der Waals surface area contributed by atoms with Crippen LogP contribution in [0.5, 0.6) is 0 Å². The van der Waals surface area contributed by atoms with Gasteiger partial charge in [0.2, 0.25) is 0 Å². The van der Waals surface area contributed by atoms with Crippen molar-refractivity contribution in [2.24, 2.45) is 5.92 Å². The molecule has 0 heterocycles. The monoisotopic (exact) mass is 194 g/mol. The molecule has 0 spiro atoms. The molecule has 1 rings (SSSR count). The van der Waals surface area contributed by atoms with Crippen molar-refractivity contribution in [1.82, 2.24) is 0 Å². The second kappa shape index (κ2) is 4.59. The minimum Gasteiger partial charge on any atom is -0.212 e. The Bertz CT molecular complexity index is 303. The third-order valence-corrected chi connectivity index (χ3v) is 2.84. The van der Waals surface area contributed by atoms with E-state index in [0.29, 0.717) is 12.3 Å². The highest BCUT2D eigenvalue weighted by atomic mass is 19.1. The topological polar surface area (TPSA) is 0 Å². The smallest absolute Gasteiger partial charge is 0.101 e. The predicted octanol–water partition coefficient (Wildman–Crippen LogP) is 4.55. The molecular weight excluding hydrogens is 175 g/mol. The summed E-state index contributed by atoms with van der Waals surface area (Å²) in [6.07, 6.45) is 5.22. The zero-order valence-electron chi connectivity index (χ0n) is 9.52. The lowest BCUT2D eigenvalue weighted by molar-refractivity contribution is 0.579. The van der Waals surface area contributed by atoms with E-state index in [-0.39, 0.29) is 5.83 Å². The van der Waals surface area contributed by atoms with Crippen LogP contribution in [0, 0.1) is 5.92 Å². The molecule has 0 radical (unpaired) electrons. The Labute approximate surface area is 86.2 Å². The molecule has 1 aliphatic rings. The van der Waals surface area contributed by atoms with Crippen molar-refractivity contribution in [2.75, 3.05) is 0 Å². The summed E-state index contributed by atoms with van der Waals surface area (Å²) in [5.74, 6) is 0.548. The summed E-state index contributed by atoms with van der Waals surface area (Å²) in [7, 11) is 0. The van der Waals surface area contributed by atoms with Crippen LogP contribution in [0.1, 0.15) is 40.5 Å². The lowest BCUT2D eigenvalue weighted by atomic mass is 9.94. The number of hydrogen-bond donors (Lipinski definition) is 0. The Kier molecular flexibility index (Phi) is 3.68. The molecular formula is C13H19F. The maximum Gasteiger partial charge on any atom is 0.101 e. The van der Waals surface area contributed by atoms with Gasteiger partial charge < -0.3 is 0 Å². The molecule has 0 amide bonds. The van der Waals surface area contributed by atoms with E-state index in [4.69, 9.17) is 0 Å². The highest BCUT2D eigenvalue weighted by molar-refractivity contribution is 5.40. The molecule has 0 N–H and O–H groups in total. The van der Waals surface area contributed by atoms with Crippen molar-refractivity contribution in [2.45, 2.75) is 40.5 Å². The van der Waals surface area contributed by atoms with Crippen LogP contribution in [0.3, 0.4) is 0 Å². The second-order valence-corrected chi connectivity index (χ2v) is 4.37. The SMILES string of the molecule is CC1=C(/C=C(\C)C(C)C)C=C(F)CC1. The van der Waals surface area contributed by atoms with Crippen LogP contribution in [0.4, 0.5) is 4.39 Å². The first kappa shape index (κ1) is 11.2. The Morgan fingerprint density at radius 2 is 2.07 bits per heavy atom. The van der Waals surface area contributed by atoms with E-state index in [1.54, 1.807) is 6.08 Å². The summed E-state index contributed by atoms with van der Waals surface area (Å²) < 4.78 is 13.1. The lowest BCUT2D eigenvalue weighted by Gasteiger charge is -2.13. The van der Waals surface area contributed by atoms with E-state index in [1.807, 2.05) is 0 Å². The third-order valence-electron chi connectivity index (χ3n) is 2.84. The first-order valence-electron chi connectivity index (χ1n) is 5.24. The molecule has 78 valence electrons. The maximum absolute atomic E-state index is 13.1.